The number of alkyl halides is 2. The number of rotatable bonds is 2. The second kappa shape index (κ2) is 5.39. The van der Waals surface area contributed by atoms with Gasteiger partial charge >= 0.3 is 0 Å². The maximum Gasteiger partial charge on any atom is 0.119 e. The molecule has 0 bridgehead atoms. The third kappa shape index (κ3) is 2.60. The van der Waals surface area contributed by atoms with E-state index in [4.69, 9.17) is 0 Å². The van der Waals surface area contributed by atoms with Gasteiger partial charge in [-0.25, -0.2) is 4.39 Å². The van der Waals surface area contributed by atoms with Crippen molar-refractivity contribution >= 4 is 22.6 Å². The molecule has 0 heterocycles. The first-order chi connectivity index (χ1) is 8.08. The molecule has 0 spiro atoms. The van der Waals surface area contributed by atoms with Crippen LogP contribution >= 0.6 is 22.6 Å². The molecule has 1 nitrogen and oxygen atoms in total. The highest BCUT2D eigenvalue weighted by Gasteiger charge is 2.42. The van der Waals surface area contributed by atoms with E-state index in [9.17, 15) is 9.50 Å². The summed E-state index contributed by atoms with van der Waals surface area (Å²) in [6.45, 7) is 2.24. The Hall–Kier alpha value is 0.1000. The lowest BCUT2D eigenvalue weighted by Gasteiger charge is -2.39. The molecule has 96 valence electrons. The van der Waals surface area contributed by atoms with E-state index >= 15 is 0 Å². The minimum Gasteiger partial charge on any atom is -0.396 e. The van der Waals surface area contributed by atoms with E-state index in [0.29, 0.717) is 6.42 Å². The third-order valence-corrected chi connectivity index (χ3v) is 5.76. The fourth-order valence-electron chi connectivity index (χ4n) is 2.96. The molecule has 1 N–H and O–H groups in total. The molecule has 2 aliphatic rings. The lowest BCUT2D eigenvalue weighted by atomic mass is 9.76. The van der Waals surface area contributed by atoms with Crippen LogP contribution in [0.1, 0.15) is 39.0 Å². The van der Waals surface area contributed by atoms with Crippen LogP contribution in [0, 0.1) is 5.92 Å². The van der Waals surface area contributed by atoms with E-state index in [2.05, 4.69) is 41.7 Å². The largest absolute Gasteiger partial charge is 0.396 e. The monoisotopic (exact) mass is 350 g/mol. The quantitative estimate of drug-likeness (QED) is 0.591. The van der Waals surface area contributed by atoms with Crippen molar-refractivity contribution < 1.29 is 9.50 Å². The van der Waals surface area contributed by atoms with Crippen molar-refractivity contribution in [3.8, 4) is 0 Å². The average Bonchev–Trinajstić information content (AvgIpc) is 2.32. The number of allylic oxidation sites excluding steroid dienone is 3. The van der Waals surface area contributed by atoms with E-state index in [1.807, 2.05) is 0 Å². The molecule has 2 aliphatic carbocycles. The van der Waals surface area contributed by atoms with Crippen LogP contribution in [0.15, 0.2) is 23.3 Å². The Morgan fingerprint density at radius 2 is 2.29 bits per heavy atom. The van der Waals surface area contributed by atoms with Crippen molar-refractivity contribution in [1.82, 2.24) is 0 Å². The molecule has 1 fully saturated rings. The molecule has 3 unspecified atom stereocenters. The van der Waals surface area contributed by atoms with Crippen LogP contribution < -0.4 is 0 Å². The molecule has 0 aromatic carbocycles. The number of hydrogen-bond donors (Lipinski definition) is 1. The molecule has 0 saturated heterocycles. The van der Waals surface area contributed by atoms with Gasteiger partial charge < -0.3 is 5.11 Å². The van der Waals surface area contributed by atoms with Gasteiger partial charge in [0.1, 0.15) is 6.17 Å². The van der Waals surface area contributed by atoms with Crippen LogP contribution in [-0.2, 0) is 0 Å². The van der Waals surface area contributed by atoms with E-state index < -0.39 is 6.17 Å². The van der Waals surface area contributed by atoms with Gasteiger partial charge in [0.05, 0.1) is 3.42 Å². The first kappa shape index (κ1) is 13.5. The predicted octanol–water partition coefficient (Wildman–Crippen LogP) is 3.96. The van der Waals surface area contributed by atoms with Crippen LogP contribution in [0.25, 0.3) is 0 Å². The van der Waals surface area contributed by atoms with Crippen molar-refractivity contribution in [2.45, 2.75) is 48.6 Å². The summed E-state index contributed by atoms with van der Waals surface area (Å²) >= 11 is 2.32. The van der Waals surface area contributed by atoms with E-state index in [-0.39, 0.29) is 15.9 Å². The molecule has 0 aromatic heterocycles. The molecule has 1 saturated carbocycles. The summed E-state index contributed by atoms with van der Waals surface area (Å²) in [5.74, 6) is 0.223. The zero-order valence-electron chi connectivity index (χ0n) is 10.3. The van der Waals surface area contributed by atoms with Crippen molar-refractivity contribution in [3.05, 3.63) is 23.3 Å². The lowest BCUT2D eigenvalue weighted by Crippen LogP contribution is -2.39. The van der Waals surface area contributed by atoms with Crippen molar-refractivity contribution in [2.75, 3.05) is 6.61 Å². The minimum atomic E-state index is -0.725. The first-order valence-corrected chi connectivity index (χ1v) is 7.49. The molecule has 3 atom stereocenters. The SMILES string of the molecule is CC1=CC(CO)CC=C1C1(I)CCCCC1F. The number of aliphatic hydroxyl groups is 1. The summed E-state index contributed by atoms with van der Waals surface area (Å²) in [6, 6.07) is 0. The van der Waals surface area contributed by atoms with Gasteiger partial charge in [0.15, 0.2) is 0 Å². The summed E-state index contributed by atoms with van der Waals surface area (Å²) < 4.78 is 13.9. The smallest absolute Gasteiger partial charge is 0.119 e. The predicted molar refractivity (Wildman–Crippen MR) is 77.1 cm³/mol. The second-order valence-corrected chi connectivity index (χ2v) is 7.15. The van der Waals surface area contributed by atoms with Gasteiger partial charge in [-0.3, -0.25) is 0 Å². The second-order valence-electron chi connectivity index (χ2n) is 5.22. The molecular formula is C14H20FIO. The van der Waals surface area contributed by atoms with Crippen LogP contribution in [0.2, 0.25) is 0 Å². The Morgan fingerprint density at radius 1 is 1.53 bits per heavy atom. The lowest BCUT2D eigenvalue weighted by molar-refractivity contribution is 0.223. The number of hydrogen-bond acceptors (Lipinski definition) is 1. The van der Waals surface area contributed by atoms with Gasteiger partial charge in [0.25, 0.3) is 0 Å². The zero-order valence-corrected chi connectivity index (χ0v) is 12.4. The zero-order chi connectivity index (χ0) is 12.5. The van der Waals surface area contributed by atoms with Crippen molar-refractivity contribution in [1.29, 1.82) is 0 Å². The van der Waals surface area contributed by atoms with Gasteiger partial charge in [0.2, 0.25) is 0 Å². The topological polar surface area (TPSA) is 20.2 Å². The summed E-state index contributed by atoms with van der Waals surface area (Å²) in [4.78, 5) is 0. The van der Waals surface area contributed by atoms with Crippen LogP contribution in [0.3, 0.4) is 0 Å². The Labute approximate surface area is 116 Å². The summed E-state index contributed by atoms with van der Waals surface area (Å²) in [5, 5.41) is 9.17. The van der Waals surface area contributed by atoms with Crippen LogP contribution in [-0.4, -0.2) is 21.3 Å². The van der Waals surface area contributed by atoms with E-state index in [0.717, 1.165) is 31.3 Å². The Kier molecular flexibility index (Phi) is 4.29. The molecule has 0 aromatic rings. The third-order valence-electron chi connectivity index (χ3n) is 3.96. The highest BCUT2D eigenvalue weighted by molar-refractivity contribution is 14.1. The van der Waals surface area contributed by atoms with Gasteiger partial charge in [-0.15, -0.1) is 0 Å². The van der Waals surface area contributed by atoms with Gasteiger partial charge in [-0.1, -0.05) is 53.2 Å². The number of aliphatic hydroxyl groups excluding tert-OH is 1. The van der Waals surface area contributed by atoms with Crippen LogP contribution in [0.5, 0.6) is 0 Å². The molecule has 0 aliphatic heterocycles. The normalized spacial score (nSPS) is 38.6. The molecule has 0 amide bonds. The van der Waals surface area contributed by atoms with E-state index in [1.165, 1.54) is 5.57 Å². The Morgan fingerprint density at radius 3 is 2.88 bits per heavy atom. The number of halogens is 2. The van der Waals surface area contributed by atoms with Gasteiger partial charge in [0, 0.05) is 12.5 Å². The maximum absolute atomic E-state index is 14.2. The molecular weight excluding hydrogens is 330 g/mol. The highest BCUT2D eigenvalue weighted by atomic mass is 127. The molecule has 3 heteroatoms. The van der Waals surface area contributed by atoms with Gasteiger partial charge in [-0.2, -0.15) is 0 Å². The molecule has 17 heavy (non-hydrogen) atoms. The average molecular weight is 350 g/mol. The molecule has 0 radical (unpaired) electrons. The maximum atomic E-state index is 14.2. The standard InChI is InChI=1S/C14H20FIO/c1-10-8-11(9-17)5-6-12(10)14(16)7-3-2-4-13(14)15/h6,8,11,13,17H,2-5,7,9H2,1H3. The molecule has 2 rings (SSSR count). The summed E-state index contributed by atoms with van der Waals surface area (Å²) in [7, 11) is 0. The van der Waals surface area contributed by atoms with Gasteiger partial charge in [-0.05, 0) is 31.8 Å². The fraction of sp³-hybridized carbons (Fsp3) is 0.714. The fourth-order valence-corrected chi connectivity index (χ4v) is 4.30. The Bertz CT molecular complexity index is 350. The summed E-state index contributed by atoms with van der Waals surface area (Å²) in [5.41, 5.74) is 2.34. The Balaban J connectivity index is 2.22. The first-order valence-electron chi connectivity index (χ1n) is 6.41. The minimum absolute atomic E-state index is 0.189. The van der Waals surface area contributed by atoms with Crippen LogP contribution in [0.4, 0.5) is 4.39 Å². The van der Waals surface area contributed by atoms with E-state index in [1.54, 1.807) is 0 Å². The van der Waals surface area contributed by atoms with Crippen molar-refractivity contribution in [3.63, 3.8) is 0 Å². The summed E-state index contributed by atoms with van der Waals surface area (Å²) in [6.07, 6.45) is 8.15. The van der Waals surface area contributed by atoms with Crippen molar-refractivity contribution in [2.24, 2.45) is 5.92 Å². The highest BCUT2D eigenvalue weighted by Crippen LogP contribution is 2.47.